The molecule has 2 fully saturated rings. The minimum Gasteiger partial charge on any atom is -0.407 e. The lowest BCUT2D eigenvalue weighted by Gasteiger charge is -2.48. The van der Waals surface area contributed by atoms with Crippen molar-refractivity contribution in [3.05, 3.63) is 82.9 Å². The van der Waals surface area contributed by atoms with E-state index in [0.29, 0.717) is 40.0 Å². The molecule has 0 saturated carbocycles. The summed E-state index contributed by atoms with van der Waals surface area (Å²) in [5, 5.41) is 11.1. The van der Waals surface area contributed by atoms with Crippen molar-refractivity contribution in [1.29, 1.82) is 0 Å². The number of carbonyl (C=O) groups excluding carboxylic acids is 1. The van der Waals surface area contributed by atoms with Crippen molar-refractivity contribution in [2.24, 2.45) is 0 Å². The fourth-order valence-electron chi connectivity index (χ4n) is 6.10. The molecule has 1 aromatic heterocycles. The number of aromatic amines is 1. The molecule has 2 saturated heterocycles. The summed E-state index contributed by atoms with van der Waals surface area (Å²) < 4.78 is 33.0. The van der Waals surface area contributed by atoms with E-state index in [2.05, 4.69) is 37.7 Å². The SMILES string of the molecule is [B]C1([B])CC(Nc2cc(N3CCN(C)CC3)ccc2C(=O)Nc2n[nH]c3ccc(Cc4cc(F)cc(F)c4)cc23)CC([B])([B])O1. The summed E-state index contributed by atoms with van der Waals surface area (Å²) in [5.41, 5.74) is 3.84. The third-order valence-corrected chi connectivity index (χ3v) is 8.18. The van der Waals surface area contributed by atoms with Crippen LogP contribution in [0.25, 0.3) is 10.9 Å². The minimum atomic E-state index is -1.56. The smallest absolute Gasteiger partial charge is 0.258 e. The van der Waals surface area contributed by atoms with Gasteiger partial charge in [0.05, 0.1) is 42.5 Å². The van der Waals surface area contributed by atoms with E-state index in [0.717, 1.165) is 43.5 Å². The molecular formula is C31H30B4F2N6O2. The zero-order valence-electron chi connectivity index (χ0n) is 24.9. The molecule has 0 atom stereocenters. The molecule has 8 nitrogen and oxygen atoms in total. The van der Waals surface area contributed by atoms with E-state index in [-0.39, 0.29) is 18.9 Å². The number of hydrogen-bond donors (Lipinski definition) is 3. The van der Waals surface area contributed by atoms with E-state index in [9.17, 15) is 13.6 Å². The van der Waals surface area contributed by atoms with Crippen molar-refractivity contribution < 1.29 is 18.3 Å². The van der Waals surface area contributed by atoms with Gasteiger partial charge in [0.2, 0.25) is 0 Å². The van der Waals surface area contributed by atoms with Gasteiger partial charge < -0.3 is 25.2 Å². The number of aromatic nitrogens is 2. The van der Waals surface area contributed by atoms with Gasteiger partial charge in [-0.05, 0) is 90.7 Å². The summed E-state index contributed by atoms with van der Waals surface area (Å²) in [7, 11) is 26.4. The number of nitrogens with zero attached hydrogens (tertiary/aromatic N) is 3. The normalized spacial score (nSPS) is 18.6. The summed E-state index contributed by atoms with van der Waals surface area (Å²) in [5.74, 6) is -1.37. The molecule has 6 rings (SSSR count). The van der Waals surface area contributed by atoms with Gasteiger partial charge in [0, 0.05) is 55.0 Å². The fourth-order valence-corrected chi connectivity index (χ4v) is 6.10. The van der Waals surface area contributed by atoms with E-state index < -0.39 is 28.3 Å². The molecule has 2 aliphatic rings. The van der Waals surface area contributed by atoms with Crippen molar-refractivity contribution in [1.82, 2.24) is 15.1 Å². The Morgan fingerprint density at radius 2 is 1.64 bits per heavy atom. The lowest BCUT2D eigenvalue weighted by molar-refractivity contribution is -0.0184. The van der Waals surface area contributed by atoms with Crippen LogP contribution in [-0.2, 0) is 11.2 Å². The zero-order chi connectivity index (χ0) is 31.9. The molecule has 2 aliphatic heterocycles. The molecular weight excluding hydrogens is 570 g/mol. The molecule has 0 spiro atoms. The van der Waals surface area contributed by atoms with Crippen molar-refractivity contribution in [3.63, 3.8) is 0 Å². The van der Waals surface area contributed by atoms with Gasteiger partial charge in [-0.2, -0.15) is 5.10 Å². The van der Waals surface area contributed by atoms with Gasteiger partial charge in [-0.1, -0.05) is 6.07 Å². The first-order chi connectivity index (χ1) is 21.3. The lowest BCUT2D eigenvalue weighted by atomic mass is 9.52. The number of nitrogens with one attached hydrogen (secondary N) is 3. The van der Waals surface area contributed by atoms with Gasteiger partial charge in [0.15, 0.2) is 5.82 Å². The Labute approximate surface area is 266 Å². The number of halogens is 2. The molecule has 3 N–H and O–H groups in total. The van der Waals surface area contributed by atoms with Gasteiger partial charge in [0.25, 0.3) is 5.91 Å². The second kappa shape index (κ2) is 12.2. The number of ether oxygens (including phenoxy) is 1. The highest BCUT2D eigenvalue weighted by molar-refractivity contribution is 6.42. The number of rotatable bonds is 7. The fraction of sp³-hybridized carbons (Fsp3) is 0.355. The zero-order valence-corrected chi connectivity index (χ0v) is 24.9. The van der Waals surface area contributed by atoms with E-state index in [1.165, 1.54) is 12.1 Å². The number of H-pyrrole nitrogens is 1. The Balaban J connectivity index is 1.28. The number of likely N-dealkylation sites (N-methyl/N-ethyl adjacent to an activating group) is 1. The maximum absolute atomic E-state index is 13.8. The van der Waals surface area contributed by atoms with Crippen LogP contribution in [0.4, 0.5) is 26.0 Å². The van der Waals surface area contributed by atoms with E-state index in [1.54, 1.807) is 6.07 Å². The molecule has 4 aromatic rings. The molecule has 14 heteroatoms. The Morgan fingerprint density at radius 1 is 0.956 bits per heavy atom. The maximum atomic E-state index is 13.8. The molecule has 3 heterocycles. The standard InChI is InChI=1S/C31H30B4F2N6O2/c1-42-6-8-43(9-7-42)23-3-4-24(27(15-23)38-22-16-30(32,33)45-31(34,35)17-22)29(44)39-28-25-13-18(2-5-26(25)40-41-28)10-19-11-20(36)14-21(37)12-19/h2-5,11-15,22,38H,6-10,16-17H2,1H3,(H2,39,40,41,44). The Kier molecular flexibility index (Phi) is 8.47. The second-order valence-electron chi connectivity index (χ2n) is 12.1. The Bertz CT molecular complexity index is 1690. The first kappa shape index (κ1) is 31.2. The maximum Gasteiger partial charge on any atom is 0.258 e. The Hall–Kier alpha value is -3.76. The van der Waals surface area contributed by atoms with Crippen molar-refractivity contribution in [2.75, 3.05) is 48.8 Å². The monoisotopic (exact) mass is 600 g/mol. The second-order valence-corrected chi connectivity index (χ2v) is 12.1. The van der Waals surface area contributed by atoms with Crippen LogP contribution in [0.5, 0.6) is 0 Å². The molecule has 8 radical (unpaired) electrons. The van der Waals surface area contributed by atoms with Gasteiger partial charge >= 0.3 is 0 Å². The van der Waals surface area contributed by atoms with Crippen LogP contribution in [0.3, 0.4) is 0 Å². The van der Waals surface area contributed by atoms with Crippen LogP contribution < -0.4 is 15.5 Å². The van der Waals surface area contributed by atoms with E-state index in [4.69, 9.17) is 36.1 Å². The predicted octanol–water partition coefficient (Wildman–Crippen LogP) is 3.01. The topological polar surface area (TPSA) is 85.5 Å². The van der Waals surface area contributed by atoms with Crippen LogP contribution in [0.15, 0.2) is 54.6 Å². The summed E-state index contributed by atoms with van der Waals surface area (Å²) >= 11 is 0. The molecule has 1 amide bonds. The number of fused-ring (bicyclic) bond motifs is 1. The third kappa shape index (κ3) is 7.39. The van der Waals surface area contributed by atoms with Crippen molar-refractivity contribution in [3.8, 4) is 0 Å². The molecule has 3 aromatic carbocycles. The lowest BCUT2D eigenvalue weighted by Crippen LogP contribution is -2.56. The average molecular weight is 600 g/mol. The number of anilines is 3. The predicted molar refractivity (Wildman–Crippen MR) is 176 cm³/mol. The summed E-state index contributed by atoms with van der Waals surface area (Å²) in [6, 6.07) is 14.1. The van der Waals surface area contributed by atoms with Gasteiger partial charge in [-0.25, -0.2) is 8.78 Å². The Morgan fingerprint density at radius 3 is 2.33 bits per heavy atom. The van der Waals surface area contributed by atoms with Crippen molar-refractivity contribution >= 4 is 65.4 Å². The largest absolute Gasteiger partial charge is 0.407 e. The van der Waals surface area contributed by atoms with Gasteiger partial charge in [-0.3, -0.25) is 9.89 Å². The first-order valence-corrected chi connectivity index (χ1v) is 14.8. The van der Waals surface area contributed by atoms with Crippen LogP contribution in [0.2, 0.25) is 0 Å². The summed E-state index contributed by atoms with van der Waals surface area (Å²) in [4.78, 5) is 18.3. The highest BCUT2D eigenvalue weighted by atomic mass is 19.1. The summed E-state index contributed by atoms with van der Waals surface area (Å²) in [6.45, 7) is 3.51. The number of piperazine rings is 1. The molecule has 45 heavy (non-hydrogen) atoms. The van der Waals surface area contributed by atoms with Crippen LogP contribution in [0, 0.1) is 11.6 Å². The van der Waals surface area contributed by atoms with Crippen LogP contribution in [-0.4, -0.2) is 102 Å². The first-order valence-electron chi connectivity index (χ1n) is 14.8. The van der Waals surface area contributed by atoms with Gasteiger partial charge in [0.1, 0.15) is 11.6 Å². The molecule has 0 aliphatic carbocycles. The minimum absolute atomic E-state index is 0.199. The number of carbonyl (C=O) groups is 1. The number of amides is 1. The van der Waals surface area contributed by atoms with Gasteiger partial charge in [-0.15, -0.1) is 0 Å². The molecule has 0 unspecified atom stereocenters. The molecule has 222 valence electrons. The highest BCUT2D eigenvalue weighted by Gasteiger charge is 2.38. The number of benzene rings is 3. The summed E-state index contributed by atoms with van der Waals surface area (Å²) in [6.07, 6.45) is 0.694. The molecule has 0 bridgehead atoms. The van der Waals surface area contributed by atoms with Crippen molar-refractivity contribution in [2.45, 2.75) is 36.1 Å². The number of hydrogen-bond acceptors (Lipinski definition) is 6. The quantitative estimate of drug-likeness (QED) is 0.283. The third-order valence-electron chi connectivity index (χ3n) is 8.18. The average Bonchev–Trinajstić information content (AvgIpc) is 3.33. The van der Waals surface area contributed by atoms with E-state index in [1.807, 2.05) is 30.3 Å². The van der Waals surface area contributed by atoms with Crippen LogP contribution >= 0.6 is 0 Å². The highest BCUT2D eigenvalue weighted by Crippen LogP contribution is 2.33. The van der Waals surface area contributed by atoms with E-state index >= 15 is 0 Å². The van der Waals surface area contributed by atoms with Crippen LogP contribution in [0.1, 0.15) is 34.3 Å².